The lowest BCUT2D eigenvalue weighted by atomic mass is 9.86. The van der Waals surface area contributed by atoms with Crippen LogP contribution in [-0.2, 0) is 82.2 Å². The third kappa shape index (κ3) is 48.2. The van der Waals surface area contributed by atoms with Crippen LogP contribution in [0.1, 0.15) is 361 Å². The number of anilines is 1. The number of nitrogens with one attached hydrogen (secondary N) is 2. The average molecular weight is 1930 g/mol. The number of para-hydroxylation sites is 1. The predicted octanol–water partition coefficient (Wildman–Crippen LogP) is 29.5. The molecule has 1 fully saturated rings. The van der Waals surface area contributed by atoms with Gasteiger partial charge in [-0.25, -0.2) is 29.9 Å². The Morgan fingerprint density at radius 1 is 0.345 bits per heavy atom. The van der Waals surface area contributed by atoms with E-state index in [1.54, 1.807) is 55.8 Å². The van der Waals surface area contributed by atoms with Crippen LogP contribution in [-0.4, -0.2) is 106 Å². The number of aromatic amines is 2. The molecule has 0 saturated carbocycles. The minimum atomic E-state index is -0.0665. The maximum absolute atomic E-state index is 11.2. The Labute approximate surface area is 858 Å². The molecule has 20 heteroatoms. The smallest absolute Gasteiger partial charge is 0.198 e. The van der Waals surface area contributed by atoms with Gasteiger partial charge in [0.2, 0.25) is 0 Å². The van der Waals surface area contributed by atoms with Gasteiger partial charge >= 0.3 is 0 Å². The topological polar surface area (TPSA) is 243 Å². The zero-order chi connectivity index (χ0) is 108. The highest BCUT2D eigenvalue weighted by Gasteiger charge is 2.26. The summed E-state index contributed by atoms with van der Waals surface area (Å²) in [7, 11) is 2.02. The summed E-state index contributed by atoms with van der Waals surface area (Å²) in [4.78, 5) is 48.3. The van der Waals surface area contributed by atoms with Crippen molar-refractivity contribution in [1.82, 2.24) is 79.8 Å². The van der Waals surface area contributed by atoms with Gasteiger partial charge in [0.1, 0.15) is 23.8 Å². The zero-order valence-electron chi connectivity index (χ0n) is 95.6. The van der Waals surface area contributed by atoms with Crippen molar-refractivity contribution in [3.05, 3.63) is 359 Å². The van der Waals surface area contributed by atoms with Gasteiger partial charge < -0.3 is 19.4 Å². The molecule has 11 aromatic heterocycles. The molecule has 15 rings (SSSR count). The highest BCUT2D eigenvalue weighted by molar-refractivity contribution is 5.82. The highest BCUT2D eigenvalue weighted by atomic mass is 16.5. The van der Waals surface area contributed by atoms with E-state index in [1.165, 1.54) is 56.4 Å². The van der Waals surface area contributed by atoms with Gasteiger partial charge in [0.15, 0.2) is 11.9 Å². The molecule has 0 aliphatic carbocycles. The molecule has 1 saturated heterocycles. The van der Waals surface area contributed by atoms with E-state index in [1.807, 2.05) is 139 Å². The quantitative estimate of drug-likeness (QED) is 0.115. The number of nitrogens with zero attached hydrogens (tertiary/aromatic N) is 16. The summed E-state index contributed by atoms with van der Waals surface area (Å²) in [5.74, 6) is 3.10. The van der Waals surface area contributed by atoms with Crippen molar-refractivity contribution in [1.29, 1.82) is 0 Å². The van der Waals surface area contributed by atoms with Gasteiger partial charge in [0.25, 0.3) is 0 Å². The van der Waals surface area contributed by atoms with Crippen molar-refractivity contribution < 1.29 is 9.47 Å². The molecule has 142 heavy (non-hydrogen) atoms. The summed E-state index contributed by atoms with van der Waals surface area (Å²) in [6.07, 6.45) is 26.8. The van der Waals surface area contributed by atoms with E-state index < -0.39 is 0 Å². The summed E-state index contributed by atoms with van der Waals surface area (Å²) >= 11 is 0. The lowest BCUT2D eigenvalue weighted by Gasteiger charge is -2.28. The Balaban J connectivity index is 0.000000397. The van der Waals surface area contributed by atoms with Crippen molar-refractivity contribution in [2.24, 2.45) is 7.05 Å². The summed E-state index contributed by atoms with van der Waals surface area (Å²) in [5.41, 5.74) is 20.0. The molecule has 0 bridgehead atoms. The number of aromatic nitrogens is 17. The number of pyridine rings is 5. The first-order valence-electron chi connectivity index (χ1n) is 49.9. The molecule has 0 radical (unpaired) electrons. The van der Waals surface area contributed by atoms with E-state index in [-0.39, 0.29) is 65.0 Å². The molecule has 20 nitrogen and oxygen atoms in total. The minimum absolute atomic E-state index is 0.0665. The molecule has 12 heterocycles. The Bertz CT molecular complexity index is 5400. The molecular weight excluding hydrogens is 1750 g/mol. The normalized spacial score (nSPS) is 12.3. The first kappa shape index (κ1) is 124. The molecule has 2 N–H and O–H groups in total. The maximum atomic E-state index is 11.2. The number of imidazole rings is 1. The molecule has 1 aliphatic rings. The maximum Gasteiger partial charge on any atom is 0.198 e. The van der Waals surface area contributed by atoms with Gasteiger partial charge in [-0.2, -0.15) is 14.9 Å². The first-order valence-corrected chi connectivity index (χ1v) is 49.9. The third-order valence-corrected chi connectivity index (χ3v) is 22.0. The second kappa shape index (κ2) is 55.7. The van der Waals surface area contributed by atoms with Gasteiger partial charge in [0.05, 0.1) is 24.4 Å². The number of morpholine rings is 1. The number of aryl methyl sites for hydroxylation is 4. The van der Waals surface area contributed by atoms with Gasteiger partial charge in [-0.1, -0.05) is 367 Å². The number of hydrogen-bond donors (Lipinski definition) is 2. The highest BCUT2D eigenvalue weighted by Crippen LogP contribution is 2.31. The number of hydrogen-bond acceptors (Lipinski definition) is 16. The Morgan fingerprint density at radius 2 is 0.859 bits per heavy atom. The molecule has 14 aromatic rings. The van der Waals surface area contributed by atoms with Crippen molar-refractivity contribution >= 4 is 16.7 Å². The van der Waals surface area contributed by atoms with Crippen LogP contribution in [0.5, 0.6) is 0 Å². The van der Waals surface area contributed by atoms with E-state index >= 15 is 0 Å². The molecule has 3 aromatic carbocycles. The van der Waals surface area contributed by atoms with Crippen LogP contribution in [0.2, 0.25) is 0 Å². The zero-order valence-corrected chi connectivity index (χ0v) is 95.6. The molecule has 0 spiro atoms. The van der Waals surface area contributed by atoms with E-state index in [0.717, 1.165) is 88.2 Å². The minimum Gasteiger partial charge on any atom is -0.618 e. The van der Waals surface area contributed by atoms with Crippen molar-refractivity contribution in [3.63, 3.8) is 0 Å². The van der Waals surface area contributed by atoms with Crippen LogP contribution < -0.4 is 9.63 Å². The van der Waals surface area contributed by atoms with Crippen LogP contribution in [0, 0.1) is 26.0 Å². The number of benzene rings is 3. The Kier molecular flexibility index (Phi) is 48.7. The summed E-state index contributed by atoms with van der Waals surface area (Å²) in [6, 6.07) is 57.3. The second-order valence-corrected chi connectivity index (χ2v) is 49.2. The molecule has 772 valence electrons. The van der Waals surface area contributed by atoms with Crippen molar-refractivity contribution in [2.45, 2.75) is 361 Å². The Morgan fingerprint density at radius 3 is 1.23 bits per heavy atom. The van der Waals surface area contributed by atoms with E-state index in [0.29, 0.717) is 5.41 Å². The standard InChI is InChI=1S/C13H20N2O.C11H14N2.C11H16.2C10H15N.C10H14.C9H13NO.C9H13N.C8H14N2.3C8H12N2.C7H12N2/c1-13(2,3)11-4-5-12(14-10-11)15-6-8-16-9-7-15;1-11(2,3)10-8-6-4-5-7-9(8)12-13-10;1-9-5-7-10(8-6-9)11(2,3)4;1-8-5-6-11-7-9(8)10(2,3)4;1-8-6-5-7-9(11-8)10(2,3)4;1-10(2,3)9-7-5-4-6-8-9;1-9(2,3)8-6-4-5-7-10(8)11;1-9(2,3)8-6-4-5-7-10-8;1-8(2,3)7-9-5-6-10(7)4;1-8(2,3)7-6-9-4-5-10-7;1-8(2,3)7-4-5-9-6-10-7;1-8(2,3)7-9-5-4-6-10-7;1-7(2,3)6-4-5-8-9-6/h4-5,10H,6-9H2,1-3H3;4-7H,1-3H3,(H,12,13);5-8H,1-4H3;2*5-7H,1-4H3;4-8H,1-3H3;4-7H,1-3H3;4-7H,1-3H3;5-6H,1-4H3;3*4-6H,1-3H3;4-5H,1-3H3,(H,8,9). The van der Waals surface area contributed by atoms with Gasteiger partial charge in [-0.05, 0) is 137 Å². The molecular formula is C122H182N18O2. The number of rotatable bonds is 1. The van der Waals surface area contributed by atoms with Crippen LogP contribution in [0.25, 0.3) is 10.9 Å². The molecule has 0 unspecified atom stereocenters. The van der Waals surface area contributed by atoms with E-state index in [4.69, 9.17) is 4.74 Å². The van der Waals surface area contributed by atoms with Crippen LogP contribution >= 0.6 is 0 Å². The van der Waals surface area contributed by atoms with E-state index in [9.17, 15) is 5.21 Å². The van der Waals surface area contributed by atoms with Gasteiger partial charge in [0, 0.05) is 201 Å². The average Bonchev–Trinajstić information content (AvgIpc) is 1.65. The van der Waals surface area contributed by atoms with Crippen LogP contribution in [0.3, 0.4) is 0 Å². The molecule has 0 amide bonds. The number of H-pyrrole nitrogens is 2. The summed E-state index contributed by atoms with van der Waals surface area (Å²) in [5, 5.41) is 26.6. The summed E-state index contributed by atoms with van der Waals surface area (Å²) in [6.45, 7) is 94.0. The van der Waals surface area contributed by atoms with Crippen LogP contribution in [0.4, 0.5) is 5.82 Å². The fourth-order valence-corrected chi connectivity index (χ4v) is 13.2. The molecule has 1 aliphatic heterocycles. The first-order chi connectivity index (χ1) is 65.3. The van der Waals surface area contributed by atoms with Gasteiger partial charge in [-0.15, -0.1) is 0 Å². The largest absolute Gasteiger partial charge is 0.618 e. The fourth-order valence-electron chi connectivity index (χ4n) is 13.2. The fraction of sp³-hybridized carbons (Fsp3) is 0.492. The van der Waals surface area contributed by atoms with E-state index in [2.05, 4.69) is 445 Å². The van der Waals surface area contributed by atoms with Crippen LogP contribution in [0.15, 0.2) is 263 Å². The monoisotopic (exact) mass is 1930 g/mol. The Hall–Kier alpha value is -11.9. The lowest BCUT2D eigenvalue weighted by Crippen LogP contribution is -2.37. The SMILES string of the molecule is CC(C)(C)c1[nH]nc2ccccc12.CC(C)(C)c1ccc(N2CCOCC2)nc1.CC(C)(C)c1cccc[n+]1[O-].CC(C)(C)c1ccccc1.CC(C)(C)c1ccccn1.CC(C)(C)c1ccn[nH]1.CC(C)(C)c1ccncn1.CC(C)(C)c1cnccn1.CC(C)(C)c1ncccn1.Cc1ccc(C(C)(C)C)cc1.Cc1cccc(C(C)(C)C)n1.Cc1ccncc1C(C)(C)C.Cn1ccnc1C(C)(C)C. The number of fused-ring (bicyclic) bond motifs is 1. The summed E-state index contributed by atoms with van der Waals surface area (Å²) < 4.78 is 8.30. The predicted molar refractivity (Wildman–Crippen MR) is 600 cm³/mol. The lowest BCUT2D eigenvalue weighted by molar-refractivity contribution is -0.617. The number of ether oxygens (including phenoxy) is 1. The third-order valence-electron chi connectivity index (χ3n) is 22.0. The van der Waals surface area contributed by atoms with Gasteiger partial charge in [-0.3, -0.25) is 35.1 Å². The molecule has 0 atom stereocenters. The second-order valence-electron chi connectivity index (χ2n) is 49.2. The van der Waals surface area contributed by atoms with Crippen molar-refractivity contribution in [2.75, 3.05) is 31.2 Å². The van der Waals surface area contributed by atoms with Crippen molar-refractivity contribution in [3.8, 4) is 0 Å².